The van der Waals surface area contributed by atoms with Gasteiger partial charge in [0, 0.05) is 0 Å². The first-order chi connectivity index (χ1) is 5.79. The Kier molecular flexibility index (Phi) is 3.15. The van der Waals surface area contributed by atoms with Gasteiger partial charge in [0.05, 0.1) is 7.11 Å². The number of ether oxygens (including phenoxy) is 1. The number of rotatable bonds is 3. The van der Waals surface area contributed by atoms with E-state index in [0.717, 1.165) is 12.2 Å². The first-order valence-electron chi connectivity index (χ1n) is 4.42. The molecule has 0 atom stereocenters. The van der Waals surface area contributed by atoms with Crippen LogP contribution in [0.1, 0.15) is 24.5 Å². The molecule has 0 aromatic heterocycles. The van der Waals surface area contributed by atoms with E-state index in [1.165, 1.54) is 17.5 Å². The van der Waals surface area contributed by atoms with Crippen LogP contribution in [-0.2, 0) is 6.42 Å². The minimum atomic E-state index is 1.05. The number of aryl methyl sites for hydroxylation is 2. The van der Waals surface area contributed by atoms with Gasteiger partial charge in [-0.3, -0.25) is 0 Å². The highest BCUT2D eigenvalue weighted by molar-refractivity contribution is 5.40. The van der Waals surface area contributed by atoms with Gasteiger partial charge in [-0.25, -0.2) is 0 Å². The average molecular weight is 164 g/mol. The van der Waals surface area contributed by atoms with Crippen molar-refractivity contribution in [1.82, 2.24) is 0 Å². The van der Waals surface area contributed by atoms with Gasteiger partial charge in [-0.1, -0.05) is 31.5 Å². The van der Waals surface area contributed by atoms with Crippen molar-refractivity contribution in [2.75, 3.05) is 7.11 Å². The highest BCUT2D eigenvalue weighted by Crippen LogP contribution is 2.23. The summed E-state index contributed by atoms with van der Waals surface area (Å²) in [4.78, 5) is 0. The van der Waals surface area contributed by atoms with Gasteiger partial charge >= 0.3 is 0 Å². The maximum atomic E-state index is 5.33. The smallest absolute Gasteiger partial charge is 0.124 e. The molecule has 0 saturated heterocycles. The molecule has 0 fully saturated rings. The second kappa shape index (κ2) is 4.15. The van der Waals surface area contributed by atoms with Gasteiger partial charge in [0.25, 0.3) is 0 Å². The van der Waals surface area contributed by atoms with Crippen molar-refractivity contribution in [2.45, 2.75) is 26.7 Å². The zero-order chi connectivity index (χ0) is 8.97. The zero-order valence-corrected chi connectivity index (χ0v) is 8.05. The third-order valence-corrected chi connectivity index (χ3v) is 2.02. The molecule has 12 heavy (non-hydrogen) atoms. The van der Waals surface area contributed by atoms with E-state index < -0.39 is 0 Å². The first-order valence-corrected chi connectivity index (χ1v) is 4.42. The van der Waals surface area contributed by atoms with E-state index in [1.54, 1.807) is 7.11 Å². The molecule has 1 nitrogen and oxygen atoms in total. The molecule has 0 heterocycles. The standard InChI is InChI=1S/C11H16O/c1-4-6-10-8-5-7-9(2)11(10)12-3/h5,7-8H,4,6H2,1-3H3. The lowest BCUT2D eigenvalue weighted by molar-refractivity contribution is 0.406. The SMILES string of the molecule is CCCc1cccc(C)c1OC. The van der Waals surface area contributed by atoms with Crippen LogP contribution < -0.4 is 4.74 Å². The molecule has 0 unspecified atom stereocenters. The number of methoxy groups -OCH3 is 1. The van der Waals surface area contributed by atoms with Gasteiger partial charge in [0.15, 0.2) is 0 Å². The van der Waals surface area contributed by atoms with E-state index in [4.69, 9.17) is 4.74 Å². The summed E-state index contributed by atoms with van der Waals surface area (Å²) in [6, 6.07) is 6.30. The molecule has 0 N–H and O–H groups in total. The van der Waals surface area contributed by atoms with Crippen LogP contribution >= 0.6 is 0 Å². The molecule has 0 spiro atoms. The fraction of sp³-hybridized carbons (Fsp3) is 0.455. The fourth-order valence-corrected chi connectivity index (χ4v) is 1.47. The van der Waals surface area contributed by atoms with Crippen molar-refractivity contribution in [1.29, 1.82) is 0 Å². The van der Waals surface area contributed by atoms with Gasteiger partial charge in [0.2, 0.25) is 0 Å². The molecule has 1 aromatic carbocycles. The molecule has 1 heteroatoms. The monoisotopic (exact) mass is 164 g/mol. The van der Waals surface area contributed by atoms with E-state index in [-0.39, 0.29) is 0 Å². The summed E-state index contributed by atoms with van der Waals surface area (Å²) in [5.74, 6) is 1.05. The molecule has 0 saturated carbocycles. The minimum absolute atomic E-state index is 1.05. The van der Waals surface area contributed by atoms with Crippen molar-refractivity contribution in [3.8, 4) is 5.75 Å². The second-order valence-electron chi connectivity index (χ2n) is 3.02. The third-order valence-electron chi connectivity index (χ3n) is 2.02. The van der Waals surface area contributed by atoms with E-state index in [2.05, 4.69) is 32.0 Å². The minimum Gasteiger partial charge on any atom is -0.496 e. The Morgan fingerprint density at radius 3 is 2.67 bits per heavy atom. The number of benzene rings is 1. The average Bonchev–Trinajstić information content (AvgIpc) is 2.05. The molecule has 0 radical (unpaired) electrons. The Hall–Kier alpha value is -0.980. The summed E-state index contributed by atoms with van der Waals surface area (Å²) in [6.07, 6.45) is 2.27. The summed E-state index contributed by atoms with van der Waals surface area (Å²) in [6.45, 7) is 4.26. The number of hydrogen-bond acceptors (Lipinski definition) is 1. The maximum absolute atomic E-state index is 5.33. The van der Waals surface area contributed by atoms with E-state index in [1.807, 2.05) is 0 Å². The Morgan fingerprint density at radius 2 is 2.08 bits per heavy atom. The van der Waals surface area contributed by atoms with Crippen LogP contribution in [0.3, 0.4) is 0 Å². The van der Waals surface area contributed by atoms with E-state index >= 15 is 0 Å². The Balaban J connectivity index is 3.00. The van der Waals surface area contributed by atoms with Crippen molar-refractivity contribution in [2.24, 2.45) is 0 Å². The van der Waals surface area contributed by atoms with Gasteiger partial charge in [-0.15, -0.1) is 0 Å². The molecular weight excluding hydrogens is 148 g/mol. The van der Waals surface area contributed by atoms with Crippen molar-refractivity contribution < 1.29 is 4.74 Å². The molecule has 66 valence electrons. The predicted octanol–water partition coefficient (Wildman–Crippen LogP) is 2.96. The molecule has 0 bridgehead atoms. The van der Waals surface area contributed by atoms with Crippen LogP contribution in [0.2, 0.25) is 0 Å². The lowest BCUT2D eigenvalue weighted by atomic mass is 10.1. The van der Waals surface area contributed by atoms with Gasteiger partial charge < -0.3 is 4.74 Å². The van der Waals surface area contributed by atoms with Crippen LogP contribution in [0, 0.1) is 6.92 Å². The quantitative estimate of drug-likeness (QED) is 0.667. The fourth-order valence-electron chi connectivity index (χ4n) is 1.47. The summed E-state index contributed by atoms with van der Waals surface area (Å²) >= 11 is 0. The number of hydrogen-bond donors (Lipinski definition) is 0. The van der Waals surface area contributed by atoms with Crippen molar-refractivity contribution in [3.05, 3.63) is 29.3 Å². The predicted molar refractivity (Wildman–Crippen MR) is 51.7 cm³/mol. The summed E-state index contributed by atoms with van der Waals surface area (Å²) in [7, 11) is 1.74. The lowest BCUT2D eigenvalue weighted by Gasteiger charge is -2.09. The van der Waals surface area contributed by atoms with Crippen LogP contribution in [0.5, 0.6) is 5.75 Å². The molecule has 0 amide bonds. The van der Waals surface area contributed by atoms with Crippen LogP contribution in [-0.4, -0.2) is 7.11 Å². The molecule has 0 aliphatic rings. The molecule has 1 rings (SSSR count). The van der Waals surface area contributed by atoms with E-state index in [9.17, 15) is 0 Å². The molecule has 1 aromatic rings. The van der Waals surface area contributed by atoms with Gasteiger partial charge in [-0.2, -0.15) is 0 Å². The summed E-state index contributed by atoms with van der Waals surface area (Å²) in [5, 5.41) is 0. The Bertz CT molecular complexity index is 253. The number of para-hydroxylation sites is 1. The van der Waals surface area contributed by atoms with Crippen LogP contribution in [0.4, 0.5) is 0 Å². The maximum Gasteiger partial charge on any atom is 0.124 e. The lowest BCUT2D eigenvalue weighted by Crippen LogP contribution is -1.93. The third kappa shape index (κ3) is 1.79. The first kappa shape index (κ1) is 9.11. The Labute approximate surface area is 74.4 Å². The van der Waals surface area contributed by atoms with Gasteiger partial charge in [0.1, 0.15) is 5.75 Å². The molecular formula is C11H16O. The summed E-state index contributed by atoms with van der Waals surface area (Å²) in [5.41, 5.74) is 2.54. The van der Waals surface area contributed by atoms with E-state index in [0.29, 0.717) is 0 Å². The highest BCUT2D eigenvalue weighted by atomic mass is 16.5. The van der Waals surface area contributed by atoms with Crippen molar-refractivity contribution >= 4 is 0 Å². The van der Waals surface area contributed by atoms with Crippen LogP contribution in [0.25, 0.3) is 0 Å². The van der Waals surface area contributed by atoms with Crippen molar-refractivity contribution in [3.63, 3.8) is 0 Å². The molecule has 0 aliphatic carbocycles. The topological polar surface area (TPSA) is 9.23 Å². The highest BCUT2D eigenvalue weighted by Gasteiger charge is 2.03. The molecule has 0 aliphatic heterocycles. The van der Waals surface area contributed by atoms with Gasteiger partial charge in [-0.05, 0) is 24.5 Å². The zero-order valence-electron chi connectivity index (χ0n) is 8.05. The second-order valence-corrected chi connectivity index (χ2v) is 3.02. The largest absolute Gasteiger partial charge is 0.496 e. The normalized spacial score (nSPS) is 9.92. The summed E-state index contributed by atoms with van der Waals surface area (Å²) < 4.78 is 5.33. The van der Waals surface area contributed by atoms with Crippen LogP contribution in [0.15, 0.2) is 18.2 Å². The Morgan fingerprint density at radius 1 is 1.33 bits per heavy atom.